The molecule has 0 heterocycles. The first-order valence-corrected chi connectivity index (χ1v) is 6.18. The van der Waals surface area contributed by atoms with Gasteiger partial charge in [0, 0.05) is 18.7 Å². The number of carboxylic acid groups (broad SMARTS) is 1. The Labute approximate surface area is 119 Å². The molecule has 1 aromatic carbocycles. The van der Waals surface area contributed by atoms with E-state index in [9.17, 15) is 22.8 Å². The van der Waals surface area contributed by atoms with Crippen LogP contribution in [0, 0.1) is 0 Å². The van der Waals surface area contributed by atoms with Crippen molar-refractivity contribution < 1.29 is 27.9 Å². The lowest BCUT2D eigenvalue weighted by Gasteiger charge is -2.09. The van der Waals surface area contributed by atoms with E-state index in [-0.39, 0.29) is 6.42 Å². The zero-order valence-corrected chi connectivity index (χ0v) is 11.0. The Morgan fingerprint density at radius 2 is 1.76 bits per heavy atom. The fourth-order valence-electron chi connectivity index (χ4n) is 1.50. The van der Waals surface area contributed by atoms with Crippen molar-refractivity contribution in [3.8, 4) is 0 Å². The minimum Gasteiger partial charge on any atom is -0.481 e. The fraction of sp³-hybridized carbons (Fsp3) is 0.385. The molecule has 0 saturated carbocycles. The van der Waals surface area contributed by atoms with Crippen molar-refractivity contribution in [3.05, 3.63) is 29.8 Å². The van der Waals surface area contributed by atoms with Crippen LogP contribution in [0.2, 0.25) is 0 Å². The van der Waals surface area contributed by atoms with Gasteiger partial charge in [-0.1, -0.05) is 12.1 Å². The summed E-state index contributed by atoms with van der Waals surface area (Å²) in [7, 11) is 0. The number of benzene rings is 1. The number of urea groups is 1. The lowest BCUT2D eigenvalue weighted by Crippen LogP contribution is -2.31. The number of amides is 2. The standard InChI is InChI=1S/C13H15F3N2O3/c14-13(15,16)7-8-17-12(21)18-10-4-1-9(2-5-10)3-6-11(19)20/h1-2,4-5H,3,6-8H2,(H,19,20)(H2,17,18,21). The molecule has 0 aliphatic rings. The van der Waals surface area contributed by atoms with Crippen molar-refractivity contribution in [3.63, 3.8) is 0 Å². The van der Waals surface area contributed by atoms with E-state index in [1.807, 2.05) is 0 Å². The van der Waals surface area contributed by atoms with Crippen molar-refractivity contribution in [2.75, 3.05) is 11.9 Å². The second-order valence-corrected chi connectivity index (χ2v) is 4.34. The second-order valence-electron chi connectivity index (χ2n) is 4.34. The molecule has 0 aromatic heterocycles. The Balaban J connectivity index is 2.37. The Kier molecular flexibility index (Phi) is 6.01. The van der Waals surface area contributed by atoms with Crippen molar-refractivity contribution >= 4 is 17.7 Å². The van der Waals surface area contributed by atoms with Gasteiger partial charge in [-0.3, -0.25) is 4.79 Å². The van der Waals surface area contributed by atoms with Crippen LogP contribution in [0.5, 0.6) is 0 Å². The van der Waals surface area contributed by atoms with Crippen LogP contribution < -0.4 is 10.6 Å². The highest BCUT2D eigenvalue weighted by atomic mass is 19.4. The first kappa shape index (κ1) is 16.8. The first-order chi connectivity index (χ1) is 9.76. The van der Waals surface area contributed by atoms with Gasteiger partial charge in [0.2, 0.25) is 0 Å². The summed E-state index contributed by atoms with van der Waals surface area (Å²) in [4.78, 5) is 21.7. The van der Waals surface area contributed by atoms with E-state index in [1.165, 1.54) is 0 Å². The van der Waals surface area contributed by atoms with E-state index in [4.69, 9.17) is 5.11 Å². The highest BCUT2D eigenvalue weighted by molar-refractivity contribution is 5.89. The molecule has 0 radical (unpaired) electrons. The highest BCUT2D eigenvalue weighted by Gasteiger charge is 2.26. The van der Waals surface area contributed by atoms with Gasteiger partial charge in [-0.15, -0.1) is 0 Å². The average molecular weight is 304 g/mol. The van der Waals surface area contributed by atoms with Crippen molar-refractivity contribution in [2.45, 2.75) is 25.4 Å². The molecule has 0 saturated heterocycles. The average Bonchev–Trinajstić information content (AvgIpc) is 2.36. The molecule has 3 N–H and O–H groups in total. The summed E-state index contributed by atoms with van der Waals surface area (Å²) in [5.74, 6) is -0.902. The van der Waals surface area contributed by atoms with Gasteiger partial charge in [0.1, 0.15) is 0 Å². The molecule has 8 heteroatoms. The van der Waals surface area contributed by atoms with Crippen LogP contribution in [0.15, 0.2) is 24.3 Å². The Morgan fingerprint density at radius 1 is 1.14 bits per heavy atom. The van der Waals surface area contributed by atoms with Gasteiger partial charge in [0.15, 0.2) is 0 Å². The number of carbonyl (C=O) groups excluding carboxylic acids is 1. The van der Waals surface area contributed by atoms with Crippen LogP contribution in [0.25, 0.3) is 0 Å². The van der Waals surface area contributed by atoms with Crippen LogP contribution in [-0.4, -0.2) is 29.8 Å². The number of aryl methyl sites for hydroxylation is 1. The van der Waals surface area contributed by atoms with Crippen molar-refractivity contribution in [1.29, 1.82) is 0 Å². The van der Waals surface area contributed by atoms with Crippen LogP contribution in [0.1, 0.15) is 18.4 Å². The molecular weight excluding hydrogens is 289 g/mol. The summed E-state index contributed by atoms with van der Waals surface area (Å²) in [5, 5.41) is 13.0. The lowest BCUT2D eigenvalue weighted by atomic mass is 10.1. The summed E-state index contributed by atoms with van der Waals surface area (Å²) in [6.07, 6.45) is -5.02. The van der Waals surface area contributed by atoms with E-state index in [0.717, 1.165) is 5.56 Å². The Hall–Kier alpha value is -2.25. The molecule has 0 unspecified atom stereocenters. The predicted molar refractivity (Wildman–Crippen MR) is 70.1 cm³/mol. The number of nitrogens with one attached hydrogen (secondary N) is 2. The first-order valence-electron chi connectivity index (χ1n) is 6.18. The summed E-state index contributed by atoms with van der Waals surface area (Å²) in [6, 6.07) is 5.68. The number of carbonyl (C=O) groups is 2. The zero-order valence-electron chi connectivity index (χ0n) is 11.0. The van der Waals surface area contributed by atoms with Crippen LogP contribution in [0.3, 0.4) is 0 Å². The fourth-order valence-corrected chi connectivity index (χ4v) is 1.50. The quantitative estimate of drug-likeness (QED) is 0.756. The largest absolute Gasteiger partial charge is 0.481 e. The van der Waals surface area contributed by atoms with Gasteiger partial charge in [0.25, 0.3) is 0 Å². The van der Waals surface area contributed by atoms with Crippen molar-refractivity contribution in [2.24, 2.45) is 0 Å². The summed E-state index contributed by atoms with van der Waals surface area (Å²) in [5.41, 5.74) is 1.21. The molecule has 0 aliphatic carbocycles. The monoisotopic (exact) mass is 304 g/mol. The Bertz CT molecular complexity index is 486. The summed E-state index contributed by atoms with van der Waals surface area (Å²) >= 11 is 0. The molecule has 21 heavy (non-hydrogen) atoms. The normalized spacial score (nSPS) is 11.0. The maximum Gasteiger partial charge on any atom is 0.390 e. The van der Waals surface area contributed by atoms with Crippen LogP contribution in [-0.2, 0) is 11.2 Å². The maximum absolute atomic E-state index is 11.9. The zero-order chi connectivity index (χ0) is 15.9. The maximum atomic E-state index is 11.9. The smallest absolute Gasteiger partial charge is 0.390 e. The number of carboxylic acids is 1. The van der Waals surface area contributed by atoms with Gasteiger partial charge < -0.3 is 15.7 Å². The molecule has 0 atom stereocenters. The number of hydrogen-bond acceptors (Lipinski definition) is 2. The molecule has 0 spiro atoms. The van der Waals surface area contributed by atoms with Gasteiger partial charge in [-0.05, 0) is 24.1 Å². The Morgan fingerprint density at radius 3 is 2.29 bits per heavy atom. The van der Waals surface area contributed by atoms with E-state index in [2.05, 4.69) is 10.6 Å². The number of rotatable bonds is 6. The molecule has 1 rings (SSSR count). The van der Waals surface area contributed by atoms with Crippen LogP contribution in [0.4, 0.5) is 23.7 Å². The van der Waals surface area contributed by atoms with Crippen LogP contribution >= 0.6 is 0 Å². The lowest BCUT2D eigenvalue weighted by molar-refractivity contribution is -0.137. The minimum absolute atomic E-state index is 0.00467. The van der Waals surface area contributed by atoms with Gasteiger partial charge >= 0.3 is 18.2 Å². The molecule has 1 aromatic rings. The highest BCUT2D eigenvalue weighted by Crippen LogP contribution is 2.18. The third-order valence-corrected chi connectivity index (χ3v) is 2.53. The topological polar surface area (TPSA) is 78.4 Å². The molecule has 0 aliphatic heterocycles. The molecule has 5 nitrogen and oxygen atoms in total. The second kappa shape index (κ2) is 7.51. The number of aliphatic carboxylic acids is 1. The number of halogens is 3. The van der Waals surface area contributed by atoms with Gasteiger partial charge in [0.05, 0.1) is 6.42 Å². The van der Waals surface area contributed by atoms with Gasteiger partial charge in [-0.25, -0.2) is 4.79 Å². The summed E-state index contributed by atoms with van der Waals surface area (Å²) < 4.78 is 35.7. The van der Waals surface area contributed by atoms with E-state index < -0.39 is 31.1 Å². The van der Waals surface area contributed by atoms with Crippen molar-refractivity contribution in [1.82, 2.24) is 5.32 Å². The molecule has 0 bridgehead atoms. The third-order valence-electron chi connectivity index (χ3n) is 2.53. The molecule has 116 valence electrons. The predicted octanol–water partition coefficient (Wildman–Crippen LogP) is 2.78. The SMILES string of the molecule is O=C(O)CCc1ccc(NC(=O)NCCC(F)(F)F)cc1. The molecular formula is C13H15F3N2O3. The number of anilines is 1. The van der Waals surface area contributed by atoms with E-state index in [0.29, 0.717) is 12.1 Å². The molecule has 0 fully saturated rings. The van der Waals surface area contributed by atoms with E-state index >= 15 is 0 Å². The summed E-state index contributed by atoms with van der Waals surface area (Å²) in [6.45, 7) is -0.494. The van der Waals surface area contributed by atoms with E-state index in [1.54, 1.807) is 24.3 Å². The van der Waals surface area contributed by atoms with Gasteiger partial charge in [-0.2, -0.15) is 13.2 Å². The number of hydrogen-bond donors (Lipinski definition) is 3. The molecule has 2 amide bonds. The number of alkyl halides is 3. The third kappa shape index (κ3) is 7.81. The minimum atomic E-state index is -4.31.